The van der Waals surface area contributed by atoms with E-state index in [1.54, 1.807) is 0 Å². The number of aromatic nitrogens is 2. The molecule has 0 amide bonds. The van der Waals surface area contributed by atoms with E-state index < -0.39 is 0 Å². The van der Waals surface area contributed by atoms with E-state index in [4.69, 9.17) is 4.74 Å². The minimum atomic E-state index is 0.662. The van der Waals surface area contributed by atoms with Gasteiger partial charge in [-0.3, -0.25) is 4.90 Å². The largest absolute Gasteiger partial charge is 0.476 e. The van der Waals surface area contributed by atoms with Crippen LogP contribution in [0.3, 0.4) is 0 Å². The minimum absolute atomic E-state index is 0.662. The highest BCUT2D eigenvalue weighted by Crippen LogP contribution is 2.19. The van der Waals surface area contributed by atoms with E-state index in [9.17, 15) is 0 Å². The number of para-hydroxylation sites is 2. The van der Waals surface area contributed by atoms with Gasteiger partial charge in [-0.1, -0.05) is 24.3 Å². The SMILES string of the molecule is Cc1cccc(N2CCN(CCCCOc3nc4ccccc4nc3C)CC2)c1. The first-order chi connectivity index (χ1) is 14.2. The summed E-state index contributed by atoms with van der Waals surface area (Å²) in [5.74, 6) is 0.662. The summed E-state index contributed by atoms with van der Waals surface area (Å²) in [5, 5.41) is 0. The average molecular weight is 391 g/mol. The standard InChI is InChI=1S/C24H30N4O/c1-19-8-7-9-21(18-19)28-15-13-27(14-16-28)12-5-6-17-29-24-20(2)25-22-10-3-4-11-23(22)26-24/h3-4,7-11,18H,5-6,12-17H2,1-2H3. The topological polar surface area (TPSA) is 41.5 Å². The first-order valence-corrected chi connectivity index (χ1v) is 10.6. The van der Waals surface area contributed by atoms with Crippen molar-refractivity contribution in [1.82, 2.24) is 14.9 Å². The molecule has 5 heteroatoms. The van der Waals surface area contributed by atoms with Crippen LogP contribution in [0.15, 0.2) is 48.5 Å². The van der Waals surface area contributed by atoms with Gasteiger partial charge in [0.1, 0.15) is 5.69 Å². The Morgan fingerprint density at radius 3 is 2.38 bits per heavy atom. The van der Waals surface area contributed by atoms with Crippen molar-refractivity contribution in [3.05, 3.63) is 59.8 Å². The van der Waals surface area contributed by atoms with Crippen molar-refractivity contribution in [2.45, 2.75) is 26.7 Å². The van der Waals surface area contributed by atoms with Crippen LogP contribution in [-0.2, 0) is 0 Å². The highest BCUT2D eigenvalue weighted by atomic mass is 16.5. The number of fused-ring (bicyclic) bond motifs is 1. The lowest BCUT2D eigenvalue weighted by molar-refractivity contribution is 0.236. The molecule has 0 radical (unpaired) electrons. The molecule has 152 valence electrons. The maximum absolute atomic E-state index is 5.92. The molecule has 2 aromatic carbocycles. The molecule has 0 aliphatic carbocycles. The zero-order chi connectivity index (χ0) is 20.1. The van der Waals surface area contributed by atoms with Crippen LogP contribution in [0, 0.1) is 13.8 Å². The highest BCUT2D eigenvalue weighted by molar-refractivity contribution is 5.74. The molecule has 2 heterocycles. The summed E-state index contributed by atoms with van der Waals surface area (Å²) in [6, 6.07) is 16.7. The summed E-state index contributed by atoms with van der Waals surface area (Å²) in [6.45, 7) is 10.4. The molecule has 0 spiro atoms. The highest BCUT2D eigenvalue weighted by Gasteiger charge is 2.16. The van der Waals surface area contributed by atoms with Crippen LogP contribution in [0.4, 0.5) is 5.69 Å². The molecular weight excluding hydrogens is 360 g/mol. The molecule has 3 aromatic rings. The molecular formula is C24H30N4O. The maximum Gasteiger partial charge on any atom is 0.235 e. The third kappa shape index (κ3) is 5.04. The second-order valence-electron chi connectivity index (χ2n) is 7.83. The predicted molar refractivity (Wildman–Crippen MR) is 119 cm³/mol. The number of rotatable bonds is 7. The first kappa shape index (κ1) is 19.6. The summed E-state index contributed by atoms with van der Waals surface area (Å²) in [6.07, 6.45) is 2.18. The Morgan fingerprint density at radius 1 is 0.862 bits per heavy atom. The molecule has 1 saturated heterocycles. The molecule has 0 bridgehead atoms. The number of hydrogen-bond acceptors (Lipinski definition) is 5. The van der Waals surface area contributed by atoms with E-state index in [1.807, 2.05) is 31.2 Å². The number of anilines is 1. The van der Waals surface area contributed by atoms with Crippen molar-refractivity contribution in [3.8, 4) is 5.88 Å². The molecule has 5 nitrogen and oxygen atoms in total. The van der Waals surface area contributed by atoms with Crippen molar-refractivity contribution < 1.29 is 4.74 Å². The molecule has 4 rings (SSSR count). The van der Waals surface area contributed by atoms with Gasteiger partial charge in [0.25, 0.3) is 0 Å². The normalized spacial score (nSPS) is 15.0. The van der Waals surface area contributed by atoms with Crippen LogP contribution in [0.2, 0.25) is 0 Å². The van der Waals surface area contributed by atoms with E-state index in [2.05, 4.69) is 51.0 Å². The Morgan fingerprint density at radius 2 is 1.62 bits per heavy atom. The molecule has 1 aliphatic heterocycles. The monoisotopic (exact) mass is 390 g/mol. The lowest BCUT2D eigenvalue weighted by atomic mass is 10.2. The van der Waals surface area contributed by atoms with Crippen molar-refractivity contribution in [2.75, 3.05) is 44.2 Å². The Hall–Kier alpha value is -2.66. The van der Waals surface area contributed by atoms with E-state index in [1.165, 1.54) is 11.3 Å². The van der Waals surface area contributed by atoms with Gasteiger partial charge in [-0.2, -0.15) is 0 Å². The molecule has 0 saturated carbocycles. The van der Waals surface area contributed by atoms with Crippen LogP contribution in [0.5, 0.6) is 5.88 Å². The summed E-state index contributed by atoms with van der Waals surface area (Å²) in [4.78, 5) is 14.2. The molecule has 1 aromatic heterocycles. The fourth-order valence-electron chi connectivity index (χ4n) is 3.87. The Bertz CT molecular complexity index is 951. The Labute approximate surface area is 173 Å². The van der Waals surface area contributed by atoms with E-state index >= 15 is 0 Å². The van der Waals surface area contributed by atoms with Gasteiger partial charge < -0.3 is 9.64 Å². The molecule has 0 unspecified atom stereocenters. The van der Waals surface area contributed by atoms with Gasteiger partial charge in [-0.25, -0.2) is 9.97 Å². The second-order valence-corrected chi connectivity index (χ2v) is 7.83. The van der Waals surface area contributed by atoms with Crippen molar-refractivity contribution in [3.63, 3.8) is 0 Å². The fourth-order valence-corrected chi connectivity index (χ4v) is 3.87. The van der Waals surface area contributed by atoms with Gasteiger partial charge in [0.05, 0.1) is 17.6 Å². The van der Waals surface area contributed by atoms with Gasteiger partial charge in [0.2, 0.25) is 5.88 Å². The van der Waals surface area contributed by atoms with Crippen LogP contribution in [0.25, 0.3) is 11.0 Å². The number of benzene rings is 2. The van der Waals surface area contributed by atoms with Crippen molar-refractivity contribution >= 4 is 16.7 Å². The maximum atomic E-state index is 5.92. The molecule has 29 heavy (non-hydrogen) atoms. The summed E-state index contributed by atoms with van der Waals surface area (Å²) < 4.78 is 5.92. The quantitative estimate of drug-likeness (QED) is 0.565. The number of piperazine rings is 1. The lowest BCUT2D eigenvalue weighted by Gasteiger charge is -2.36. The summed E-state index contributed by atoms with van der Waals surface area (Å²) in [5.41, 5.74) is 5.35. The summed E-state index contributed by atoms with van der Waals surface area (Å²) >= 11 is 0. The number of aryl methyl sites for hydroxylation is 2. The van der Waals surface area contributed by atoms with Crippen LogP contribution in [-0.4, -0.2) is 54.2 Å². The van der Waals surface area contributed by atoms with Gasteiger partial charge in [-0.15, -0.1) is 0 Å². The van der Waals surface area contributed by atoms with Crippen LogP contribution in [0.1, 0.15) is 24.1 Å². The lowest BCUT2D eigenvalue weighted by Crippen LogP contribution is -2.46. The average Bonchev–Trinajstić information content (AvgIpc) is 2.74. The fraction of sp³-hybridized carbons (Fsp3) is 0.417. The number of nitrogens with zero attached hydrogens (tertiary/aromatic N) is 4. The van der Waals surface area contributed by atoms with E-state index in [0.29, 0.717) is 12.5 Å². The molecule has 0 atom stereocenters. The number of hydrogen-bond donors (Lipinski definition) is 0. The molecule has 0 N–H and O–H groups in total. The van der Waals surface area contributed by atoms with Gasteiger partial charge >= 0.3 is 0 Å². The Balaban J connectivity index is 1.18. The van der Waals surface area contributed by atoms with Crippen molar-refractivity contribution in [1.29, 1.82) is 0 Å². The molecule has 1 fully saturated rings. The second kappa shape index (κ2) is 9.23. The molecule has 1 aliphatic rings. The Kier molecular flexibility index (Phi) is 6.25. The minimum Gasteiger partial charge on any atom is -0.476 e. The van der Waals surface area contributed by atoms with Gasteiger partial charge in [0.15, 0.2) is 0 Å². The third-order valence-corrected chi connectivity index (χ3v) is 5.55. The first-order valence-electron chi connectivity index (χ1n) is 10.6. The van der Waals surface area contributed by atoms with Crippen molar-refractivity contribution in [2.24, 2.45) is 0 Å². The van der Waals surface area contributed by atoms with E-state index in [0.717, 1.165) is 62.3 Å². The van der Waals surface area contributed by atoms with Gasteiger partial charge in [-0.05, 0) is 63.1 Å². The third-order valence-electron chi connectivity index (χ3n) is 5.55. The predicted octanol–water partition coefficient (Wildman–Crippen LogP) is 4.23. The number of ether oxygens (including phenoxy) is 1. The smallest absolute Gasteiger partial charge is 0.235 e. The number of unbranched alkanes of at least 4 members (excludes halogenated alkanes) is 1. The zero-order valence-electron chi connectivity index (χ0n) is 17.5. The van der Waals surface area contributed by atoms with E-state index in [-0.39, 0.29) is 0 Å². The van der Waals surface area contributed by atoms with Crippen LogP contribution < -0.4 is 9.64 Å². The van der Waals surface area contributed by atoms with Gasteiger partial charge in [0, 0.05) is 31.9 Å². The zero-order valence-corrected chi connectivity index (χ0v) is 17.5. The van der Waals surface area contributed by atoms with Crippen LogP contribution >= 0.6 is 0 Å². The summed E-state index contributed by atoms with van der Waals surface area (Å²) in [7, 11) is 0.